The summed E-state index contributed by atoms with van der Waals surface area (Å²) in [6.07, 6.45) is 4.41. The second kappa shape index (κ2) is 6.10. The lowest BCUT2D eigenvalue weighted by Crippen LogP contribution is -2.01. The van der Waals surface area contributed by atoms with E-state index in [1.165, 1.54) is 0 Å². The molecule has 0 saturated heterocycles. The second-order valence-electron chi connectivity index (χ2n) is 2.81. The number of methoxy groups -OCH3 is 1. The Morgan fingerprint density at radius 3 is 2.73 bits per heavy atom. The Kier molecular flexibility index (Phi) is 5.75. The summed E-state index contributed by atoms with van der Waals surface area (Å²) in [6, 6.07) is 0. The van der Waals surface area contributed by atoms with Crippen molar-refractivity contribution in [3.05, 3.63) is 12.2 Å². The Bertz CT molecular complexity index is 138. The number of ketones is 1. The Morgan fingerprint density at radius 2 is 2.27 bits per heavy atom. The predicted molar refractivity (Wildman–Crippen MR) is 45.5 cm³/mol. The molecule has 1 atom stereocenters. The van der Waals surface area contributed by atoms with Gasteiger partial charge in [-0.15, -0.1) is 0 Å². The van der Waals surface area contributed by atoms with Crippen LogP contribution in [0.5, 0.6) is 0 Å². The molecular weight excluding hydrogens is 140 g/mol. The van der Waals surface area contributed by atoms with Crippen molar-refractivity contribution in [3.8, 4) is 0 Å². The van der Waals surface area contributed by atoms with Crippen molar-refractivity contribution in [2.45, 2.75) is 20.3 Å². The van der Waals surface area contributed by atoms with E-state index in [0.29, 0.717) is 5.92 Å². The van der Waals surface area contributed by atoms with E-state index < -0.39 is 0 Å². The van der Waals surface area contributed by atoms with Crippen molar-refractivity contribution < 1.29 is 9.53 Å². The number of rotatable bonds is 5. The van der Waals surface area contributed by atoms with E-state index in [1.54, 1.807) is 20.1 Å². The third-order valence-corrected chi connectivity index (χ3v) is 1.34. The van der Waals surface area contributed by atoms with Crippen molar-refractivity contribution in [3.63, 3.8) is 0 Å². The van der Waals surface area contributed by atoms with Gasteiger partial charge in [0.25, 0.3) is 0 Å². The molecule has 64 valence electrons. The molecule has 0 aromatic heterocycles. The molecule has 0 aliphatic rings. The summed E-state index contributed by atoms with van der Waals surface area (Å²) < 4.78 is 4.94. The molecule has 2 nitrogen and oxygen atoms in total. The van der Waals surface area contributed by atoms with Gasteiger partial charge in [-0.1, -0.05) is 13.0 Å². The van der Waals surface area contributed by atoms with Gasteiger partial charge < -0.3 is 4.74 Å². The van der Waals surface area contributed by atoms with Crippen LogP contribution in [0.15, 0.2) is 12.2 Å². The lowest BCUT2D eigenvalue weighted by Gasteiger charge is -2.04. The van der Waals surface area contributed by atoms with Gasteiger partial charge in [0.15, 0.2) is 5.78 Å². The van der Waals surface area contributed by atoms with Crippen LogP contribution in [0, 0.1) is 5.92 Å². The minimum absolute atomic E-state index is 0.106. The highest BCUT2D eigenvalue weighted by Gasteiger charge is 1.96. The molecule has 0 aliphatic carbocycles. The highest BCUT2D eigenvalue weighted by molar-refractivity contribution is 5.87. The Hall–Kier alpha value is -0.630. The summed E-state index contributed by atoms with van der Waals surface area (Å²) in [5, 5.41) is 0. The van der Waals surface area contributed by atoms with Crippen molar-refractivity contribution >= 4 is 5.78 Å². The Labute approximate surface area is 68.2 Å². The molecule has 0 amide bonds. The summed E-state index contributed by atoms with van der Waals surface area (Å²) in [5.41, 5.74) is 0. The zero-order valence-electron chi connectivity index (χ0n) is 7.46. The minimum Gasteiger partial charge on any atom is -0.384 e. The molecule has 0 radical (unpaired) electrons. The van der Waals surface area contributed by atoms with Gasteiger partial charge in [0, 0.05) is 13.7 Å². The van der Waals surface area contributed by atoms with Gasteiger partial charge in [-0.3, -0.25) is 4.79 Å². The van der Waals surface area contributed by atoms with E-state index >= 15 is 0 Å². The maximum absolute atomic E-state index is 10.5. The van der Waals surface area contributed by atoms with Gasteiger partial charge in [-0.25, -0.2) is 0 Å². The molecule has 0 saturated carbocycles. The normalized spacial score (nSPS) is 13.7. The zero-order valence-corrected chi connectivity index (χ0v) is 7.46. The lowest BCUT2D eigenvalue weighted by molar-refractivity contribution is -0.112. The fourth-order valence-electron chi connectivity index (χ4n) is 0.819. The van der Waals surface area contributed by atoms with E-state index in [0.717, 1.165) is 13.0 Å². The molecule has 0 heterocycles. The zero-order chi connectivity index (χ0) is 8.69. The molecule has 0 spiro atoms. The van der Waals surface area contributed by atoms with Gasteiger partial charge >= 0.3 is 0 Å². The first-order chi connectivity index (χ1) is 5.16. The average molecular weight is 156 g/mol. The highest BCUT2D eigenvalue weighted by Crippen LogP contribution is 2.02. The monoisotopic (exact) mass is 156 g/mol. The molecule has 0 aromatic carbocycles. The van der Waals surface area contributed by atoms with Crippen LogP contribution in [-0.2, 0) is 9.53 Å². The van der Waals surface area contributed by atoms with Crippen LogP contribution < -0.4 is 0 Å². The largest absolute Gasteiger partial charge is 0.384 e. The molecule has 0 aliphatic heterocycles. The Morgan fingerprint density at radius 1 is 1.64 bits per heavy atom. The van der Waals surface area contributed by atoms with Crippen molar-refractivity contribution in [2.24, 2.45) is 5.92 Å². The summed E-state index contributed by atoms with van der Waals surface area (Å²) in [6.45, 7) is 4.40. The van der Waals surface area contributed by atoms with E-state index in [4.69, 9.17) is 4.74 Å². The SMILES string of the molecule is COCC(C)CC=CC(C)=O. The van der Waals surface area contributed by atoms with Crippen LogP contribution in [0.3, 0.4) is 0 Å². The quantitative estimate of drug-likeness (QED) is 0.567. The van der Waals surface area contributed by atoms with Crippen LogP contribution in [0.2, 0.25) is 0 Å². The van der Waals surface area contributed by atoms with Crippen molar-refractivity contribution in [2.75, 3.05) is 13.7 Å². The van der Waals surface area contributed by atoms with Crippen molar-refractivity contribution in [1.82, 2.24) is 0 Å². The number of carbonyl (C=O) groups is 1. The van der Waals surface area contributed by atoms with Gasteiger partial charge in [-0.2, -0.15) is 0 Å². The summed E-state index contributed by atoms with van der Waals surface area (Å²) in [5.74, 6) is 0.602. The molecule has 0 N–H and O–H groups in total. The Balaban J connectivity index is 3.44. The predicted octanol–water partition coefficient (Wildman–Crippen LogP) is 1.80. The fourth-order valence-corrected chi connectivity index (χ4v) is 0.819. The third-order valence-electron chi connectivity index (χ3n) is 1.34. The lowest BCUT2D eigenvalue weighted by atomic mass is 10.1. The first-order valence-corrected chi connectivity index (χ1v) is 3.83. The molecule has 0 aromatic rings. The molecule has 0 bridgehead atoms. The highest BCUT2D eigenvalue weighted by atomic mass is 16.5. The molecular formula is C9H16O2. The molecule has 1 unspecified atom stereocenters. The number of hydrogen-bond donors (Lipinski definition) is 0. The van der Waals surface area contributed by atoms with Crippen molar-refractivity contribution in [1.29, 1.82) is 0 Å². The van der Waals surface area contributed by atoms with Crippen LogP contribution in [0.1, 0.15) is 20.3 Å². The average Bonchev–Trinajstić information content (AvgIpc) is 1.87. The maximum atomic E-state index is 10.5. The summed E-state index contributed by atoms with van der Waals surface area (Å²) in [7, 11) is 1.69. The smallest absolute Gasteiger partial charge is 0.152 e. The number of hydrogen-bond acceptors (Lipinski definition) is 2. The first-order valence-electron chi connectivity index (χ1n) is 3.83. The topological polar surface area (TPSA) is 26.3 Å². The third kappa shape index (κ3) is 7.26. The fraction of sp³-hybridized carbons (Fsp3) is 0.667. The van der Waals surface area contributed by atoms with Crippen LogP contribution in [0.25, 0.3) is 0 Å². The second-order valence-corrected chi connectivity index (χ2v) is 2.81. The van der Waals surface area contributed by atoms with Gasteiger partial charge in [0.2, 0.25) is 0 Å². The molecule has 0 rings (SSSR count). The van der Waals surface area contributed by atoms with Gasteiger partial charge in [0.1, 0.15) is 0 Å². The number of ether oxygens (including phenoxy) is 1. The van der Waals surface area contributed by atoms with E-state index in [-0.39, 0.29) is 5.78 Å². The van der Waals surface area contributed by atoms with Crippen LogP contribution >= 0.6 is 0 Å². The molecule has 11 heavy (non-hydrogen) atoms. The van der Waals surface area contributed by atoms with Gasteiger partial charge in [-0.05, 0) is 25.3 Å². The van der Waals surface area contributed by atoms with Crippen LogP contribution in [0.4, 0.5) is 0 Å². The van der Waals surface area contributed by atoms with Crippen LogP contribution in [-0.4, -0.2) is 19.5 Å². The van der Waals surface area contributed by atoms with E-state index in [9.17, 15) is 4.79 Å². The van der Waals surface area contributed by atoms with E-state index in [2.05, 4.69) is 6.92 Å². The molecule has 2 heteroatoms. The minimum atomic E-state index is 0.106. The first kappa shape index (κ1) is 10.4. The molecule has 0 fully saturated rings. The summed E-state index contributed by atoms with van der Waals surface area (Å²) >= 11 is 0. The van der Waals surface area contributed by atoms with Gasteiger partial charge in [0.05, 0.1) is 0 Å². The summed E-state index contributed by atoms with van der Waals surface area (Å²) in [4.78, 5) is 10.5. The number of allylic oxidation sites excluding steroid dienone is 2. The standard InChI is InChI=1S/C9H16O2/c1-8(7-11-3)5-4-6-9(2)10/h4,6,8H,5,7H2,1-3H3. The number of carbonyl (C=O) groups excluding carboxylic acids is 1. The van der Waals surface area contributed by atoms with E-state index in [1.807, 2.05) is 6.08 Å². The maximum Gasteiger partial charge on any atom is 0.152 e.